The van der Waals surface area contributed by atoms with Crippen LogP contribution in [0.5, 0.6) is 11.5 Å². The average molecular weight is 419 g/mol. The molecule has 0 radical (unpaired) electrons. The molecule has 0 bridgehead atoms. The Labute approximate surface area is 174 Å². The number of nitrogens with one attached hydrogen (secondary N) is 1. The molecule has 29 heavy (non-hydrogen) atoms. The van der Waals surface area contributed by atoms with E-state index in [0.717, 1.165) is 4.88 Å². The second kappa shape index (κ2) is 9.28. The fourth-order valence-electron chi connectivity index (χ4n) is 3.68. The van der Waals surface area contributed by atoms with Gasteiger partial charge in [-0.05, 0) is 35.6 Å². The molecule has 0 aliphatic carbocycles. The first-order chi connectivity index (χ1) is 14.0. The summed E-state index contributed by atoms with van der Waals surface area (Å²) in [6.45, 7) is 1.07. The van der Waals surface area contributed by atoms with Crippen LogP contribution in [0.3, 0.4) is 0 Å². The third-order valence-electron chi connectivity index (χ3n) is 5.12. The predicted molar refractivity (Wildman–Crippen MR) is 111 cm³/mol. The molecule has 2 atom stereocenters. The molecule has 1 aliphatic heterocycles. The van der Waals surface area contributed by atoms with Crippen LogP contribution >= 0.6 is 11.3 Å². The molecule has 8 heteroatoms. The number of rotatable bonds is 8. The van der Waals surface area contributed by atoms with Gasteiger partial charge in [0.2, 0.25) is 5.91 Å². The Morgan fingerprint density at radius 1 is 1.21 bits per heavy atom. The number of likely N-dealkylation sites (N-methyl/N-ethyl adjacent to an activating group) is 1. The SMILES string of the molecule is COCCCNC(=O)[C@H]1c2cc(OC)c(OC)cc2C(=O)N(C)[C@H]1c1cccs1. The summed E-state index contributed by atoms with van der Waals surface area (Å²) in [5.41, 5.74) is 1.10. The van der Waals surface area contributed by atoms with Crippen LogP contribution < -0.4 is 14.8 Å². The molecule has 1 aromatic carbocycles. The number of carbonyl (C=O) groups excluding carboxylic acids is 2. The first-order valence-electron chi connectivity index (χ1n) is 9.36. The molecule has 0 unspecified atom stereocenters. The van der Waals surface area contributed by atoms with Gasteiger partial charge in [0, 0.05) is 37.7 Å². The average Bonchev–Trinajstić information content (AvgIpc) is 3.26. The number of thiophene rings is 1. The Kier molecular flexibility index (Phi) is 6.76. The Morgan fingerprint density at radius 2 is 1.93 bits per heavy atom. The Balaban J connectivity index is 2.07. The molecule has 2 aromatic rings. The smallest absolute Gasteiger partial charge is 0.254 e. The molecular formula is C21H26N2O5S. The lowest BCUT2D eigenvalue weighted by molar-refractivity contribution is -0.124. The largest absolute Gasteiger partial charge is 0.493 e. The number of hydrogen-bond donors (Lipinski definition) is 1. The first-order valence-corrected chi connectivity index (χ1v) is 10.2. The van der Waals surface area contributed by atoms with Gasteiger partial charge in [-0.2, -0.15) is 0 Å². The highest BCUT2D eigenvalue weighted by atomic mass is 32.1. The Hall–Kier alpha value is -2.58. The van der Waals surface area contributed by atoms with Gasteiger partial charge in [0.15, 0.2) is 11.5 Å². The summed E-state index contributed by atoms with van der Waals surface area (Å²) in [5.74, 6) is 0.108. The lowest BCUT2D eigenvalue weighted by atomic mass is 9.81. The molecule has 1 aliphatic rings. The second-order valence-corrected chi connectivity index (χ2v) is 7.77. The standard InChI is InChI=1S/C21H26N2O5S/c1-23-19(17-7-5-10-29-17)18(20(24)22-8-6-9-26-2)13-11-15(27-3)16(28-4)12-14(13)21(23)25/h5,7,10-12,18-19H,6,8-9H2,1-4H3,(H,22,24)/t18-,19-/m0/s1. The van der Waals surface area contributed by atoms with E-state index >= 15 is 0 Å². The number of fused-ring (bicyclic) bond motifs is 1. The summed E-state index contributed by atoms with van der Waals surface area (Å²) >= 11 is 1.53. The number of amides is 2. The fraction of sp³-hybridized carbons (Fsp3) is 0.429. The van der Waals surface area contributed by atoms with E-state index in [1.165, 1.54) is 25.6 Å². The molecule has 0 spiro atoms. The van der Waals surface area contributed by atoms with E-state index in [1.807, 2.05) is 17.5 Å². The van der Waals surface area contributed by atoms with Gasteiger partial charge in [0.25, 0.3) is 5.91 Å². The summed E-state index contributed by atoms with van der Waals surface area (Å²) in [6, 6.07) is 6.89. The van der Waals surface area contributed by atoms with E-state index in [-0.39, 0.29) is 11.8 Å². The fourth-order valence-corrected chi connectivity index (χ4v) is 4.59. The van der Waals surface area contributed by atoms with E-state index < -0.39 is 12.0 Å². The van der Waals surface area contributed by atoms with Crippen molar-refractivity contribution in [2.75, 3.05) is 41.5 Å². The molecule has 0 fully saturated rings. The van der Waals surface area contributed by atoms with E-state index in [4.69, 9.17) is 14.2 Å². The summed E-state index contributed by atoms with van der Waals surface area (Å²) in [7, 11) is 6.43. The van der Waals surface area contributed by atoms with Crippen molar-refractivity contribution in [1.29, 1.82) is 0 Å². The molecule has 1 N–H and O–H groups in total. The Morgan fingerprint density at radius 3 is 2.55 bits per heavy atom. The molecule has 1 aromatic heterocycles. The van der Waals surface area contributed by atoms with Crippen molar-refractivity contribution in [2.24, 2.45) is 0 Å². The third kappa shape index (κ3) is 4.09. The first kappa shape index (κ1) is 21.1. The summed E-state index contributed by atoms with van der Waals surface area (Å²) < 4.78 is 15.9. The van der Waals surface area contributed by atoms with Crippen molar-refractivity contribution >= 4 is 23.2 Å². The lowest BCUT2D eigenvalue weighted by Gasteiger charge is -2.39. The normalized spacial score (nSPS) is 18.3. The van der Waals surface area contributed by atoms with Crippen molar-refractivity contribution in [3.8, 4) is 11.5 Å². The van der Waals surface area contributed by atoms with Crippen LogP contribution in [0.4, 0.5) is 0 Å². The number of ether oxygens (including phenoxy) is 3. The quantitative estimate of drug-likeness (QED) is 0.667. The van der Waals surface area contributed by atoms with Gasteiger partial charge in [-0.1, -0.05) is 6.07 Å². The topological polar surface area (TPSA) is 77.1 Å². The van der Waals surface area contributed by atoms with Gasteiger partial charge >= 0.3 is 0 Å². The Bertz CT molecular complexity index is 868. The summed E-state index contributed by atoms with van der Waals surface area (Å²) in [4.78, 5) is 29.0. The van der Waals surface area contributed by atoms with E-state index in [0.29, 0.717) is 42.2 Å². The number of nitrogens with zero attached hydrogens (tertiary/aromatic N) is 1. The van der Waals surface area contributed by atoms with E-state index in [9.17, 15) is 9.59 Å². The number of methoxy groups -OCH3 is 3. The maximum absolute atomic E-state index is 13.3. The maximum atomic E-state index is 13.3. The van der Waals surface area contributed by atoms with E-state index in [2.05, 4.69) is 5.32 Å². The van der Waals surface area contributed by atoms with Crippen molar-refractivity contribution in [1.82, 2.24) is 10.2 Å². The highest BCUT2D eigenvalue weighted by Gasteiger charge is 2.43. The van der Waals surface area contributed by atoms with Gasteiger partial charge in [0.05, 0.1) is 26.2 Å². The minimum atomic E-state index is -0.561. The molecule has 0 saturated heterocycles. The van der Waals surface area contributed by atoms with Crippen LogP contribution in [0.1, 0.15) is 39.2 Å². The van der Waals surface area contributed by atoms with E-state index in [1.54, 1.807) is 31.2 Å². The van der Waals surface area contributed by atoms with Crippen molar-refractivity contribution in [2.45, 2.75) is 18.4 Å². The number of benzene rings is 1. The van der Waals surface area contributed by atoms with Crippen molar-refractivity contribution in [3.63, 3.8) is 0 Å². The van der Waals surface area contributed by atoms with Crippen LogP contribution in [-0.4, -0.2) is 58.2 Å². The minimum Gasteiger partial charge on any atom is -0.493 e. The number of hydrogen-bond acceptors (Lipinski definition) is 6. The summed E-state index contributed by atoms with van der Waals surface area (Å²) in [5, 5.41) is 4.95. The minimum absolute atomic E-state index is 0.132. The van der Waals surface area contributed by atoms with Crippen LogP contribution in [-0.2, 0) is 9.53 Å². The van der Waals surface area contributed by atoms with Gasteiger partial charge in [0.1, 0.15) is 0 Å². The highest BCUT2D eigenvalue weighted by molar-refractivity contribution is 7.10. The predicted octanol–water partition coefficient (Wildman–Crippen LogP) is 2.83. The lowest BCUT2D eigenvalue weighted by Crippen LogP contribution is -2.45. The van der Waals surface area contributed by atoms with Crippen LogP contribution in [0, 0.1) is 0 Å². The molecular weight excluding hydrogens is 392 g/mol. The van der Waals surface area contributed by atoms with Crippen molar-refractivity contribution < 1.29 is 23.8 Å². The van der Waals surface area contributed by atoms with Gasteiger partial charge in [-0.3, -0.25) is 9.59 Å². The third-order valence-corrected chi connectivity index (χ3v) is 6.06. The molecule has 2 heterocycles. The molecule has 0 saturated carbocycles. The monoisotopic (exact) mass is 418 g/mol. The summed E-state index contributed by atoms with van der Waals surface area (Å²) in [6.07, 6.45) is 0.714. The maximum Gasteiger partial charge on any atom is 0.254 e. The van der Waals surface area contributed by atoms with Gasteiger partial charge in [-0.25, -0.2) is 0 Å². The zero-order valence-electron chi connectivity index (χ0n) is 17.1. The van der Waals surface area contributed by atoms with Gasteiger partial charge in [-0.15, -0.1) is 11.3 Å². The highest BCUT2D eigenvalue weighted by Crippen LogP contribution is 2.46. The molecule has 156 valence electrons. The van der Waals surface area contributed by atoms with Crippen LogP contribution in [0.2, 0.25) is 0 Å². The van der Waals surface area contributed by atoms with Crippen molar-refractivity contribution in [3.05, 3.63) is 45.6 Å². The molecule has 3 rings (SSSR count). The van der Waals surface area contributed by atoms with Crippen LogP contribution in [0.25, 0.3) is 0 Å². The van der Waals surface area contributed by atoms with Crippen LogP contribution in [0.15, 0.2) is 29.6 Å². The zero-order valence-corrected chi connectivity index (χ0v) is 17.9. The second-order valence-electron chi connectivity index (χ2n) is 6.79. The molecule has 2 amide bonds. The number of carbonyl (C=O) groups is 2. The van der Waals surface area contributed by atoms with Gasteiger partial charge < -0.3 is 24.4 Å². The zero-order chi connectivity index (χ0) is 21.0. The molecule has 7 nitrogen and oxygen atoms in total.